The maximum absolute atomic E-state index is 5.37. The van der Waals surface area contributed by atoms with Crippen LogP contribution in [-0.4, -0.2) is 57.8 Å². The van der Waals surface area contributed by atoms with E-state index in [1.807, 2.05) is 31.3 Å². The fraction of sp³-hybridized carbons (Fsp3) is 0.400. The highest BCUT2D eigenvalue weighted by Gasteiger charge is 2.09. The van der Waals surface area contributed by atoms with Crippen molar-refractivity contribution in [1.82, 2.24) is 15.2 Å². The largest absolute Gasteiger partial charge is 0.493 e. The van der Waals surface area contributed by atoms with Gasteiger partial charge in [-0.15, -0.1) is 24.0 Å². The van der Waals surface area contributed by atoms with Gasteiger partial charge in [0.2, 0.25) is 5.88 Å². The second kappa shape index (κ2) is 12.3. The van der Waals surface area contributed by atoms with Crippen LogP contribution in [0.5, 0.6) is 17.4 Å². The van der Waals surface area contributed by atoms with Crippen LogP contribution in [-0.2, 0) is 13.0 Å². The summed E-state index contributed by atoms with van der Waals surface area (Å²) in [5.41, 5.74) is 2.25. The van der Waals surface area contributed by atoms with Gasteiger partial charge in [0.15, 0.2) is 17.5 Å². The highest BCUT2D eigenvalue weighted by Crippen LogP contribution is 2.27. The van der Waals surface area contributed by atoms with E-state index in [0.717, 1.165) is 36.0 Å². The molecule has 0 saturated heterocycles. The maximum atomic E-state index is 5.37. The first-order valence-electron chi connectivity index (χ1n) is 8.72. The van der Waals surface area contributed by atoms with Crippen LogP contribution in [0.1, 0.15) is 11.1 Å². The van der Waals surface area contributed by atoms with Crippen molar-refractivity contribution >= 4 is 29.9 Å². The SMILES string of the molecule is CN=C(NCc1ccnc(OC)c1)N(C)CCc1ccc(OC)c(OC)c1.I. The van der Waals surface area contributed by atoms with Gasteiger partial charge in [-0.25, -0.2) is 4.98 Å². The van der Waals surface area contributed by atoms with Crippen LogP contribution in [0.25, 0.3) is 0 Å². The average Bonchev–Trinajstić information content (AvgIpc) is 2.72. The number of hydrogen-bond donors (Lipinski definition) is 1. The molecule has 2 aromatic rings. The highest BCUT2D eigenvalue weighted by molar-refractivity contribution is 14.0. The monoisotopic (exact) mass is 500 g/mol. The van der Waals surface area contributed by atoms with E-state index in [1.54, 1.807) is 34.6 Å². The summed E-state index contributed by atoms with van der Waals surface area (Å²) in [6.07, 6.45) is 2.60. The second-order valence-electron chi connectivity index (χ2n) is 5.97. The highest BCUT2D eigenvalue weighted by atomic mass is 127. The normalized spacial score (nSPS) is 10.7. The van der Waals surface area contributed by atoms with Crippen molar-refractivity contribution in [1.29, 1.82) is 0 Å². The Balaban J connectivity index is 0.00000392. The number of aliphatic imine (C=N–C) groups is 1. The Hall–Kier alpha value is -2.23. The van der Waals surface area contributed by atoms with Crippen LogP contribution in [0.2, 0.25) is 0 Å². The number of nitrogens with one attached hydrogen (secondary N) is 1. The lowest BCUT2D eigenvalue weighted by atomic mass is 10.1. The van der Waals surface area contributed by atoms with Gasteiger partial charge >= 0.3 is 0 Å². The molecule has 0 aliphatic carbocycles. The third-order valence-electron chi connectivity index (χ3n) is 4.22. The van der Waals surface area contributed by atoms with Gasteiger partial charge in [-0.2, -0.15) is 0 Å². The van der Waals surface area contributed by atoms with Gasteiger partial charge in [0, 0.05) is 39.4 Å². The summed E-state index contributed by atoms with van der Waals surface area (Å²) in [6.45, 7) is 1.46. The molecule has 0 spiro atoms. The van der Waals surface area contributed by atoms with Crippen LogP contribution in [0.4, 0.5) is 0 Å². The van der Waals surface area contributed by atoms with Crippen LogP contribution in [0.15, 0.2) is 41.5 Å². The molecule has 1 aromatic carbocycles. The minimum absolute atomic E-state index is 0. The number of hydrogen-bond acceptors (Lipinski definition) is 5. The molecule has 2 rings (SSSR count). The summed E-state index contributed by atoms with van der Waals surface area (Å²) < 4.78 is 15.8. The maximum Gasteiger partial charge on any atom is 0.213 e. The van der Waals surface area contributed by atoms with Crippen molar-refractivity contribution in [2.45, 2.75) is 13.0 Å². The predicted octanol–water partition coefficient (Wildman–Crippen LogP) is 2.98. The van der Waals surface area contributed by atoms with E-state index in [4.69, 9.17) is 14.2 Å². The standard InChI is InChI=1S/C20H28N4O3.HI/c1-21-20(23-14-16-8-10-22-19(13-16)27-5)24(2)11-9-15-6-7-17(25-3)18(12-15)26-4;/h6-8,10,12-13H,9,11,14H2,1-5H3,(H,21,23);1H. The number of nitrogens with zero attached hydrogens (tertiary/aromatic N) is 3. The van der Waals surface area contributed by atoms with Gasteiger partial charge < -0.3 is 24.4 Å². The summed E-state index contributed by atoms with van der Waals surface area (Å²) in [7, 11) is 8.69. The van der Waals surface area contributed by atoms with Gasteiger partial charge in [0.25, 0.3) is 0 Å². The molecule has 7 nitrogen and oxygen atoms in total. The number of guanidine groups is 1. The summed E-state index contributed by atoms with van der Waals surface area (Å²) >= 11 is 0. The van der Waals surface area contributed by atoms with Gasteiger partial charge in [-0.05, 0) is 35.7 Å². The first kappa shape index (κ1) is 23.8. The molecule has 0 aliphatic heterocycles. The van der Waals surface area contributed by atoms with Gasteiger partial charge in [0.1, 0.15) is 0 Å². The number of likely N-dealkylation sites (N-methyl/N-ethyl adjacent to an activating group) is 1. The first-order chi connectivity index (χ1) is 13.1. The van der Waals surface area contributed by atoms with E-state index in [0.29, 0.717) is 12.4 Å². The molecule has 0 saturated carbocycles. The lowest BCUT2D eigenvalue weighted by molar-refractivity contribution is 0.354. The van der Waals surface area contributed by atoms with E-state index in [9.17, 15) is 0 Å². The molecular weight excluding hydrogens is 471 g/mol. The van der Waals surface area contributed by atoms with E-state index in [1.165, 1.54) is 5.56 Å². The molecular formula is C20H29IN4O3. The molecule has 0 atom stereocenters. The molecule has 8 heteroatoms. The quantitative estimate of drug-likeness (QED) is 0.342. The zero-order chi connectivity index (χ0) is 19.6. The van der Waals surface area contributed by atoms with Crippen molar-refractivity contribution in [2.75, 3.05) is 42.0 Å². The molecule has 0 amide bonds. The van der Waals surface area contributed by atoms with E-state index >= 15 is 0 Å². The lowest BCUT2D eigenvalue weighted by Crippen LogP contribution is -2.39. The molecule has 1 heterocycles. The number of rotatable bonds is 8. The molecule has 0 unspecified atom stereocenters. The molecule has 0 bridgehead atoms. The Labute approximate surface area is 184 Å². The summed E-state index contributed by atoms with van der Waals surface area (Å²) in [5.74, 6) is 2.91. The van der Waals surface area contributed by atoms with Crippen LogP contribution >= 0.6 is 24.0 Å². The fourth-order valence-corrected chi connectivity index (χ4v) is 2.68. The molecule has 1 N–H and O–H groups in total. The Kier molecular flexibility index (Phi) is 10.4. The zero-order valence-electron chi connectivity index (χ0n) is 17.1. The number of pyridine rings is 1. The number of aromatic nitrogens is 1. The molecule has 0 fully saturated rings. The molecule has 154 valence electrons. The number of methoxy groups -OCH3 is 3. The first-order valence-corrected chi connectivity index (χ1v) is 8.72. The smallest absolute Gasteiger partial charge is 0.213 e. The Morgan fingerprint density at radius 2 is 1.79 bits per heavy atom. The molecule has 1 aromatic heterocycles. The summed E-state index contributed by atoms with van der Waals surface area (Å²) in [6, 6.07) is 9.84. The van der Waals surface area contributed by atoms with E-state index < -0.39 is 0 Å². The Morgan fingerprint density at radius 3 is 2.43 bits per heavy atom. The third kappa shape index (κ3) is 6.74. The molecule has 28 heavy (non-hydrogen) atoms. The van der Waals surface area contributed by atoms with Crippen molar-refractivity contribution in [3.63, 3.8) is 0 Å². The van der Waals surface area contributed by atoms with Crippen LogP contribution in [0.3, 0.4) is 0 Å². The van der Waals surface area contributed by atoms with Crippen molar-refractivity contribution in [3.8, 4) is 17.4 Å². The minimum atomic E-state index is 0. The van der Waals surface area contributed by atoms with Gasteiger partial charge in [-0.3, -0.25) is 4.99 Å². The molecule has 0 aliphatic rings. The van der Waals surface area contributed by atoms with Gasteiger partial charge in [-0.1, -0.05) is 6.07 Å². The Bertz CT molecular complexity index is 771. The van der Waals surface area contributed by atoms with Crippen molar-refractivity contribution < 1.29 is 14.2 Å². The van der Waals surface area contributed by atoms with E-state index in [2.05, 4.69) is 26.3 Å². The number of halogens is 1. The lowest BCUT2D eigenvalue weighted by Gasteiger charge is -2.22. The second-order valence-corrected chi connectivity index (χ2v) is 5.97. The zero-order valence-corrected chi connectivity index (χ0v) is 19.4. The van der Waals surface area contributed by atoms with Crippen LogP contribution < -0.4 is 19.5 Å². The Morgan fingerprint density at radius 1 is 1.04 bits per heavy atom. The summed E-state index contributed by atoms with van der Waals surface area (Å²) in [5, 5.41) is 3.36. The summed E-state index contributed by atoms with van der Waals surface area (Å²) in [4.78, 5) is 10.6. The fourth-order valence-electron chi connectivity index (χ4n) is 2.68. The van der Waals surface area contributed by atoms with Crippen molar-refractivity contribution in [3.05, 3.63) is 47.7 Å². The number of ether oxygens (including phenoxy) is 3. The minimum Gasteiger partial charge on any atom is -0.493 e. The topological polar surface area (TPSA) is 68.2 Å². The van der Waals surface area contributed by atoms with Crippen molar-refractivity contribution in [2.24, 2.45) is 4.99 Å². The van der Waals surface area contributed by atoms with E-state index in [-0.39, 0.29) is 24.0 Å². The average molecular weight is 500 g/mol. The number of benzene rings is 1. The van der Waals surface area contributed by atoms with Crippen LogP contribution in [0, 0.1) is 0 Å². The molecule has 0 radical (unpaired) electrons. The predicted molar refractivity (Wildman–Crippen MR) is 122 cm³/mol. The van der Waals surface area contributed by atoms with Gasteiger partial charge in [0.05, 0.1) is 21.3 Å². The third-order valence-corrected chi connectivity index (χ3v) is 4.22.